The fraction of sp³-hybridized carbons (Fsp3) is 0.333. The van der Waals surface area contributed by atoms with Gasteiger partial charge in [0.05, 0.1) is 33.6 Å². The van der Waals surface area contributed by atoms with Crippen LogP contribution in [0.4, 0.5) is 10.5 Å². The molecular formula is C30H38N4O7S2. The van der Waals surface area contributed by atoms with Crippen LogP contribution in [0.25, 0.3) is 0 Å². The van der Waals surface area contributed by atoms with Gasteiger partial charge in [-0.15, -0.1) is 0 Å². The maximum Gasteiger partial charge on any atom is 0.333 e. The van der Waals surface area contributed by atoms with Gasteiger partial charge >= 0.3 is 6.03 Å². The van der Waals surface area contributed by atoms with E-state index in [9.17, 15) is 37.1 Å². The largest absolute Gasteiger partial charge is 0.389 e. The molecule has 0 aromatic heterocycles. The van der Waals surface area contributed by atoms with Crippen molar-refractivity contribution in [2.75, 3.05) is 5.32 Å². The summed E-state index contributed by atoms with van der Waals surface area (Å²) in [5.41, 5.74) is 3.45. The monoisotopic (exact) mass is 630 g/mol. The minimum absolute atomic E-state index is 0.00503. The number of hydrogen-bond donors (Lipinski definition) is 5. The van der Waals surface area contributed by atoms with Gasteiger partial charge in [-0.1, -0.05) is 52.0 Å². The van der Waals surface area contributed by atoms with Crippen molar-refractivity contribution in [3.05, 3.63) is 88.5 Å². The van der Waals surface area contributed by atoms with Gasteiger partial charge in [0.15, 0.2) is 0 Å². The second kappa shape index (κ2) is 14.6. The summed E-state index contributed by atoms with van der Waals surface area (Å²) >= 11 is 0. The molecule has 0 saturated heterocycles. The number of nitrogens with one attached hydrogen (secondary N) is 2. The Labute approximate surface area is 253 Å². The van der Waals surface area contributed by atoms with Crippen molar-refractivity contribution in [1.29, 1.82) is 5.26 Å². The smallest absolute Gasteiger partial charge is 0.333 e. The van der Waals surface area contributed by atoms with Gasteiger partial charge in [0.1, 0.15) is 0 Å². The fourth-order valence-corrected chi connectivity index (χ4v) is 5.55. The molecule has 2 unspecified atom stereocenters. The number of benzene rings is 3. The van der Waals surface area contributed by atoms with Gasteiger partial charge in [-0.3, -0.25) is 0 Å². The van der Waals surface area contributed by atoms with Gasteiger partial charge in [0, 0.05) is 5.69 Å². The SMILES string of the molecule is CC(C)c1cc(C#N)cc(C(C)C)c1NC(=O)NS(=O)(=O)c1cccc(C(C)O)c1.CC(O)c1cccc(S(N)(=O)=O)c1. The molecule has 0 fully saturated rings. The Hall–Kier alpha value is -3.80. The van der Waals surface area contributed by atoms with E-state index in [-0.39, 0.29) is 21.6 Å². The standard InChI is InChI=1S/C22H27N3O4S.C8H11NO3S/c1-13(2)19-9-16(12-23)10-20(14(3)4)21(19)24-22(27)25-30(28,29)18-8-6-7-17(11-18)15(5)26;1-6(10)7-3-2-4-8(5-7)13(9,11)12/h6-11,13-15,26H,1-5H3,(H2,24,25,27);2-6,10H,1H3,(H2,9,11,12). The number of aliphatic hydroxyl groups is 2. The lowest BCUT2D eigenvalue weighted by Gasteiger charge is -2.21. The van der Waals surface area contributed by atoms with Crippen LogP contribution in [0.15, 0.2) is 70.5 Å². The van der Waals surface area contributed by atoms with E-state index in [4.69, 9.17) is 5.14 Å². The number of carbonyl (C=O) groups is 1. The van der Waals surface area contributed by atoms with Gasteiger partial charge in [0.25, 0.3) is 10.0 Å². The van der Waals surface area contributed by atoms with Gasteiger partial charge in [-0.05, 0) is 84.3 Å². The normalized spacial score (nSPS) is 13.0. The van der Waals surface area contributed by atoms with Crippen molar-refractivity contribution in [3.63, 3.8) is 0 Å². The van der Waals surface area contributed by atoms with E-state index in [0.29, 0.717) is 22.4 Å². The Bertz CT molecular complexity index is 1680. The number of nitrogens with zero attached hydrogens (tertiary/aromatic N) is 1. The molecule has 232 valence electrons. The Kier molecular flexibility index (Phi) is 12.0. The number of aliphatic hydroxyl groups excluding tert-OH is 2. The third kappa shape index (κ3) is 9.87. The van der Waals surface area contributed by atoms with E-state index in [1.807, 2.05) is 32.4 Å². The molecule has 3 aromatic rings. The molecule has 0 heterocycles. The molecule has 11 nitrogen and oxygen atoms in total. The lowest BCUT2D eigenvalue weighted by atomic mass is 9.90. The van der Waals surface area contributed by atoms with Crippen LogP contribution in [-0.4, -0.2) is 33.1 Å². The van der Waals surface area contributed by atoms with Crippen LogP contribution in [0, 0.1) is 11.3 Å². The summed E-state index contributed by atoms with van der Waals surface area (Å²) in [7, 11) is -7.81. The average molecular weight is 631 g/mol. The van der Waals surface area contributed by atoms with E-state index in [1.165, 1.54) is 37.3 Å². The highest BCUT2D eigenvalue weighted by Gasteiger charge is 2.22. The predicted octanol–water partition coefficient (Wildman–Crippen LogP) is 4.76. The van der Waals surface area contributed by atoms with Crippen LogP contribution in [0.3, 0.4) is 0 Å². The van der Waals surface area contributed by atoms with Crippen LogP contribution in [0.2, 0.25) is 0 Å². The summed E-state index contributed by atoms with van der Waals surface area (Å²) in [5.74, 6) is 0.0101. The summed E-state index contributed by atoms with van der Waals surface area (Å²) in [6.45, 7) is 10.8. The van der Waals surface area contributed by atoms with Gasteiger partial charge < -0.3 is 15.5 Å². The number of hydrogen-bond acceptors (Lipinski definition) is 8. The molecule has 0 aliphatic heterocycles. The Morgan fingerprint density at radius 3 is 1.63 bits per heavy atom. The number of carbonyl (C=O) groups excluding carboxylic acids is 1. The second-order valence-corrected chi connectivity index (χ2v) is 13.8. The van der Waals surface area contributed by atoms with Crippen LogP contribution in [0.5, 0.6) is 0 Å². The molecule has 2 atom stereocenters. The van der Waals surface area contributed by atoms with Gasteiger partial charge in [-0.25, -0.2) is 31.5 Å². The molecule has 3 rings (SSSR count). The van der Waals surface area contributed by atoms with E-state index >= 15 is 0 Å². The van der Waals surface area contributed by atoms with Crippen LogP contribution < -0.4 is 15.2 Å². The number of primary sulfonamides is 1. The van der Waals surface area contributed by atoms with Crippen molar-refractivity contribution in [2.24, 2.45) is 5.14 Å². The third-order valence-corrected chi connectivity index (χ3v) is 8.60. The van der Waals surface area contributed by atoms with Crippen molar-refractivity contribution >= 4 is 31.8 Å². The number of amides is 2. The van der Waals surface area contributed by atoms with E-state index < -0.39 is 38.3 Å². The average Bonchev–Trinajstić information content (AvgIpc) is 2.92. The van der Waals surface area contributed by atoms with E-state index in [1.54, 1.807) is 37.3 Å². The van der Waals surface area contributed by atoms with E-state index in [0.717, 1.165) is 11.1 Å². The van der Waals surface area contributed by atoms with Gasteiger partial charge in [0.2, 0.25) is 10.0 Å². The summed E-state index contributed by atoms with van der Waals surface area (Å²) < 4.78 is 49.1. The Balaban J connectivity index is 0.000000413. The number of sulfonamides is 2. The first-order valence-electron chi connectivity index (χ1n) is 13.4. The molecule has 13 heteroatoms. The van der Waals surface area contributed by atoms with Crippen molar-refractivity contribution in [3.8, 4) is 6.07 Å². The van der Waals surface area contributed by atoms with Crippen molar-refractivity contribution in [2.45, 2.75) is 75.4 Å². The number of anilines is 1. The topological polar surface area (TPSA) is 200 Å². The van der Waals surface area contributed by atoms with Crippen LogP contribution in [-0.2, 0) is 20.0 Å². The highest BCUT2D eigenvalue weighted by molar-refractivity contribution is 7.90. The highest BCUT2D eigenvalue weighted by Crippen LogP contribution is 2.34. The molecule has 43 heavy (non-hydrogen) atoms. The molecular weight excluding hydrogens is 592 g/mol. The summed E-state index contributed by atoms with van der Waals surface area (Å²) in [5, 5.41) is 35.8. The van der Waals surface area contributed by atoms with Crippen LogP contribution in [0.1, 0.15) is 93.4 Å². The first kappa shape index (κ1) is 35.4. The number of nitriles is 1. The molecule has 0 saturated carbocycles. The first-order chi connectivity index (χ1) is 19.9. The van der Waals surface area contributed by atoms with Gasteiger partial charge in [-0.2, -0.15) is 5.26 Å². The summed E-state index contributed by atoms with van der Waals surface area (Å²) in [6, 6.07) is 16.3. The molecule has 2 amide bonds. The molecule has 0 radical (unpaired) electrons. The molecule has 6 N–H and O–H groups in total. The molecule has 0 spiro atoms. The van der Waals surface area contributed by atoms with Crippen molar-refractivity contribution in [1.82, 2.24) is 4.72 Å². The second-order valence-electron chi connectivity index (χ2n) is 10.6. The number of rotatable bonds is 8. The first-order valence-corrected chi connectivity index (χ1v) is 16.4. The lowest BCUT2D eigenvalue weighted by molar-refractivity contribution is 0.198. The zero-order valence-electron chi connectivity index (χ0n) is 24.9. The minimum Gasteiger partial charge on any atom is -0.389 e. The lowest BCUT2D eigenvalue weighted by Crippen LogP contribution is -2.35. The fourth-order valence-electron chi connectivity index (χ4n) is 4.02. The minimum atomic E-state index is -4.14. The van der Waals surface area contributed by atoms with Crippen molar-refractivity contribution < 1.29 is 31.8 Å². The Morgan fingerprint density at radius 1 is 0.791 bits per heavy atom. The zero-order valence-corrected chi connectivity index (χ0v) is 26.5. The highest BCUT2D eigenvalue weighted by atomic mass is 32.2. The van der Waals surface area contributed by atoms with Crippen LogP contribution >= 0.6 is 0 Å². The number of urea groups is 1. The molecule has 0 aliphatic carbocycles. The Morgan fingerprint density at radius 2 is 1.23 bits per heavy atom. The maximum absolute atomic E-state index is 12.6. The quantitative estimate of drug-likeness (QED) is 0.235. The molecule has 0 aliphatic rings. The molecule has 3 aromatic carbocycles. The van der Waals surface area contributed by atoms with E-state index in [2.05, 4.69) is 11.4 Å². The number of nitrogens with two attached hydrogens (primary N) is 1. The summed E-state index contributed by atoms with van der Waals surface area (Å²) in [4.78, 5) is 12.5. The molecule has 0 bridgehead atoms. The summed E-state index contributed by atoms with van der Waals surface area (Å²) in [6.07, 6.45) is -1.53. The zero-order chi connectivity index (χ0) is 32.7. The predicted molar refractivity (Wildman–Crippen MR) is 164 cm³/mol. The maximum atomic E-state index is 12.6. The third-order valence-electron chi connectivity index (χ3n) is 6.36.